The van der Waals surface area contributed by atoms with Gasteiger partial charge < -0.3 is 10.1 Å². The summed E-state index contributed by atoms with van der Waals surface area (Å²) in [5.74, 6) is 0. The molecule has 0 aromatic heterocycles. The Bertz CT molecular complexity index is 85.3. The van der Waals surface area contributed by atoms with Gasteiger partial charge in [-0.3, -0.25) is 0 Å². The smallest absolute Gasteiger partial charge is 0.0594 e. The maximum absolute atomic E-state index is 5.44. The molecule has 0 bridgehead atoms. The summed E-state index contributed by atoms with van der Waals surface area (Å²) in [6.07, 6.45) is 3.16. The molecule has 0 aromatic carbocycles. The standard InChI is InChI=1S/C8H17NO/c1-7(2)9-5-6-10-8-3-4-8/h7-9H,3-6H2,1-2H3. The van der Waals surface area contributed by atoms with E-state index < -0.39 is 0 Å². The molecule has 1 aliphatic rings. The van der Waals surface area contributed by atoms with E-state index in [1.165, 1.54) is 12.8 Å². The molecule has 0 spiro atoms. The molecule has 60 valence electrons. The van der Waals surface area contributed by atoms with Crippen molar-refractivity contribution in [1.29, 1.82) is 0 Å². The fourth-order valence-corrected chi connectivity index (χ4v) is 0.808. The third-order valence-corrected chi connectivity index (χ3v) is 1.53. The molecule has 1 saturated carbocycles. The second-order valence-electron chi connectivity index (χ2n) is 3.18. The van der Waals surface area contributed by atoms with Gasteiger partial charge in [0.1, 0.15) is 0 Å². The van der Waals surface area contributed by atoms with Crippen molar-refractivity contribution in [2.45, 2.75) is 38.8 Å². The fraction of sp³-hybridized carbons (Fsp3) is 1.00. The molecular weight excluding hydrogens is 126 g/mol. The van der Waals surface area contributed by atoms with Crippen LogP contribution in [-0.4, -0.2) is 25.3 Å². The predicted octanol–water partition coefficient (Wildman–Crippen LogP) is 1.16. The van der Waals surface area contributed by atoms with E-state index in [1.807, 2.05) is 0 Å². The molecule has 0 atom stereocenters. The lowest BCUT2D eigenvalue weighted by Gasteiger charge is -2.07. The Kier molecular flexibility index (Phi) is 3.16. The molecule has 0 saturated heterocycles. The van der Waals surface area contributed by atoms with Gasteiger partial charge in [0, 0.05) is 12.6 Å². The third kappa shape index (κ3) is 3.85. The van der Waals surface area contributed by atoms with Gasteiger partial charge in [0.2, 0.25) is 0 Å². The molecule has 0 unspecified atom stereocenters. The lowest BCUT2D eigenvalue weighted by atomic mass is 10.4. The average Bonchev–Trinajstić information content (AvgIpc) is 2.62. The Morgan fingerprint density at radius 1 is 1.50 bits per heavy atom. The molecule has 1 aliphatic carbocycles. The SMILES string of the molecule is CC(C)NCCOC1CC1. The number of hydrogen-bond donors (Lipinski definition) is 1. The molecule has 1 N–H and O–H groups in total. The van der Waals surface area contributed by atoms with E-state index in [4.69, 9.17) is 4.74 Å². The van der Waals surface area contributed by atoms with E-state index in [2.05, 4.69) is 19.2 Å². The van der Waals surface area contributed by atoms with E-state index in [9.17, 15) is 0 Å². The first-order chi connectivity index (χ1) is 4.79. The van der Waals surface area contributed by atoms with Crippen molar-refractivity contribution < 1.29 is 4.74 Å². The van der Waals surface area contributed by atoms with Crippen molar-refractivity contribution in [2.24, 2.45) is 0 Å². The van der Waals surface area contributed by atoms with Crippen molar-refractivity contribution in [3.05, 3.63) is 0 Å². The Morgan fingerprint density at radius 2 is 2.20 bits per heavy atom. The molecule has 2 nitrogen and oxygen atoms in total. The van der Waals surface area contributed by atoms with Crippen molar-refractivity contribution in [3.8, 4) is 0 Å². The summed E-state index contributed by atoms with van der Waals surface area (Å²) < 4.78 is 5.44. The van der Waals surface area contributed by atoms with Gasteiger partial charge in [0.05, 0.1) is 12.7 Å². The minimum absolute atomic E-state index is 0.586. The van der Waals surface area contributed by atoms with Gasteiger partial charge in [-0.05, 0) is 12.8 Å². The molecular formula is C8H17NO. The molecule has 0 radical (unpaired) electrons. The number of nitrogens with one attached hydrogen (secondary N) is 1. The van der Waals surface area contributed by atoms with Crippen LogP contribution in [0.15, 0.2) is 0 Å². The summed E-state index contributed by atoms with van der Waals surface area (Å²) in [6.45, 7) is 6.17. The molecule has 0 aromatic rings. The highest BCUT2D eigenvalue weighted by Gasteiger charge is 2.21. The van der Waals surface area contributed by atoms with Crippen molar-refractivity contribution in [3.63, 3.8) is 0 Å². The number of hydrogen-bond acceptors (Lipinski definition) is 2. The summed E-state index contributed by atoms with van der Waals surface area (Å²) in [7, 11) is 0. The third-order valence-electron chi connectivity index (χ3n) is 1.53. The summed E-state index contributed by atoms with van der Waals surface area (Å²) in [5, 5.41) is 3.30. The van der Waals surface area contributed by atoms with Crippen LogP contribution in [0, 0.1) is 0 Å². The summed E-state index contributed by atoms with van der Waals surface area (Å²) in [4.78, 5) is 0. The predicted molar refractivity (Wildman–Crippen MR) is 42.1 cm³/mol. The Morgan fingerprint density at radius 3 is 2.70 bits per heavy atom. The van der Waals surface area contributed by atoms with Crippen molar-refractivity contribution in [1.82, 2.24) is 5.32 Å². The zero-order valence-electron chi connectivity index (χ0n) is 6.89. The maximum Gasteiger partial charge on any atom is 0.0594 e. The van der Waals surface area contributed by atoms with Crippen LogP contribution in [0.1, 0.15) is 26.7 Å². The highest BCUT2D eigenvalue weighted by Crippen LogP contribution is 2.22. The minimum atomic E-state index is 0.586. The van der Waals surface area contributed by atoms with E-state index >= 15 is 0 Å². The topological polar surface area (TPSA) is 21.3 Å². The Labute approximate surface area is 63.0 Å². The minimum Gasteiger partial charge on any atom is -0.377 e. The van der Waals surface area contributed by atoms with Gasteiger partial charge in [-0.25, -0.2) is 0 Å². The summed E-state index contributed by atoms with van der Waals surface area (Å²) >= 11 is 0. The molecule has 0 aliphatic heterocycles. The first-order valence-corrected chi connectivity index (χ1v) is 4.14. The Hall–Kier alpha value is -0.0800. The van der Waals surface area contributed by atoms with Crippen LogP contribution in [0.3, 0.4) is 0 Å². The monoisotopic (exact) mass is 143 g/mol. The summed E-state index contributed by atoms with van der Waals surface area (Å²) in [5.41, 5.74) is 0. The largest absolute Gasteiger partial charge is 0.377 e. The second kappa shape index (κ2) is 3.94. The molecule has 2 heteroatoms. The lowest BCUT2D eigenvalue weighted by molar-refractivity contribution is 0.120. The van der Waals surface area contributed by atoms with Crippen LogP contribution in [0.25, 0.3) is 0 Å². The highest BCUT2D eigenvalue weighted by molar-refractivity contribution is 4.73. The van der Waals surface area contributed by atoms with Crippen molar-refractivity contribution in [2.75, 3.05) is 13.2 Å². The first kappa shape index (κ1) is 8.02. The molecule has 10 heavy (non-hydrogen) atoms. The Balaban J connectivity index is 1.76. The first-order valence-electron chi connectivity index (χ1n) is 4.14. The number of rotatable bonds is 5. The van der Waals surface area contributed by atoms with Crippen LogP contribution < -0.4 is 5.32 Å². The molecule has 0 amide bonds. The van der Waals surface area contributed by atoms with Crippen LogP contribution in [-0.2, 0) is 4.74 Å². The van der Waals surface area contributed by atoms with Crippen LogP contribution in [0.2, 0.25) is 0 Å². The number of ether oxygens (including phenoxy) is 1. The van der Waals surface area contributed by atoms with Crippen LogP contribution >= 0.6 is 0 Å². The lowest BCUT2D eigenvalue weighted by Crippen LogP contribution is -2.26. The average molecular weight is 143 g/mol. The normalized spacial score (nSPS) is 18.3. The fourth-order valence-electron chi connectivity index (χ4n) is 0.808. The van der Waals surface area contributed by atoms with Crippen molar-refractivity contribution >= 4 is 0 Å². The highest BCUT2D eigenvalue weighted by atomic mass is 16.5. The molecule has 0 heterocycles. The quantitative estimate of drug-likeness (QED) is 0.583. The van der Waals surface area contributed by atoms with Gasteiger partial charge >= 0.3 is 0 Å². The second-order valence-corrected chi connectivity index (χ2v) is 3.18. The van der Waals surface area contributed by atoms with Gasteiger partial charge in [-0.2, -0.15) is 0 Å². The van der Waals surface area contributed by atoms with E-state index in [0.717, 1.165) is 13.2 Å². The molecule has 1 rings (SSSR count). The van der Waals surface area contributed by atoms with E-state index in [0.29, 0.717) is 12.1 Å². The summed E-state index contributed by atoms with van der Waals surface area (Å²) in [6, 6.07) is 0.586. The zero-order valence-corrected chi connectivity index (χ0v) is 6.89. The molecule has 1 fully saturated rings. The van der Waals surface area contributed by atoms with Gasteiger partial charge in [0.15, 0.2) is 0 Å². The van der Waals surface area contributed by atoms with Crippen LogP contribution in [0.4, 0.5) is 0 Å². The van der Waals surface area contributed by atoms with Gasteiger partial charge in [0.25, 0.3) is 0 Å². The van der Waals surface area contributed by atoms with Crippen LogP contribution in [0.5, 0.6) is 0 Å². The zero-order chi connectivity index (χ0) is 7.40. The van der Waals surface area contributed by atoms with Gasteiger partial charge in [-0.1, -0.05) is 13.8 Å². The van der Waals surface area contributed by atoms with E-state index in [1.54, 1.807) is 0 Å². The maximum atomic E-state index is 5.44. The van der Waals surface area contributed by atoms with E-state index in [-0.39, 0.29) is 0 Å². The van der Waals surface area contributed by atoms with Gasteiger partial charge in [-0.15, -0.1) is 0 Å².